The Morgan fingerprint density at radius 2 is 2.20 bits per heavy atom. The summed E-state index contributed by atoms with van der Waals surface area (Å²) in [5.41, 5.74) is 13.4. The third-order valence-electron chi connectivity index (χ3n) is 2.90. The molecule has 0 fully saturated rings. The normalized spacial score (nSPS) is 10.6. The summed E-state index contributed by atoms with van der Waals surface area (Å²) in [7, 11) is 1.83. The van der Waals surface area contributed by atoms with E-state index in [1.54, 1.807) is 16.8 Å². The van der Waals surface area contributed by atoms with Gasteiger partial charge in [0.1, 0.15) is 12.4 Å². The van der Waals surface area contributed by atoms with Crippen molar-refractivity contribution >= 4 is 27.5 Å². The van der Waals surface area contributed by atoms with Crippen LogP contribution in [-0.2, 0) is 13.7 Å². The van der Waals surface area contributed by atoms with Gasteiger partial charge in [-0.25, -0.2) is 0 Å². The van der Waals surface area contributed by atoms with Crippen LogP contribution in [0, 0.1) is 6.92 Å². The third kappa shape index (κ3) is 2.77. The molecular weight excluding hydrogens is 324 g/mol. The lowest BCUT2D eigenvalue weighted by molar-refractivity contribution is 0.0996. The summed E-state index contributed by atoms with van der Waals surface area (Å²) >= 11 is 3.46. The first-order valence-corrected chi connectivity index (χ1v) is 6.69. The van der Waals surface area contributed by atoms with E-state index in [2.05, 4.69) is 21.0 Å². The van der Waals surface area contributed by atoms with Gasteiger partial charge in [0.15, 0.2) is 0 Å². The maximum absolute atomic E-state index is 11.4. The fourth-order valence-corrected chi connectivity index (χ4v) is 2.30. The van der Waals surface area contributed by atoms with E-state index in [1.807, 2.05) is 14.0 Å². The summed E-state index contributed by atoms with van der Waals surface area (Å²) in [5.74, 6) is -0.176. The number of nitrogen functional groups attached to an aromatic ring is 1. The predicted octanol–water partition coefficient (Wildman–Crippen LogP) is 1.75. The number of aryl methyl sites for hydroxylation is 2. The molecule has 20 heavy (non-hydrogen) atoms. The number of nitrogens with zero attached hydrogens (tertiary/aromatic N) is 2. The Kier molecular flexibility index (Phi) is 3.99. The molecule has 0 bridgehead atoms. The lowest BCUT2D eigenvalue weighted by Crippen LogP contribution is -2.14. The minimum Gasteiger partial charge on any atom is -0.486 e. The smallest absolute Gasteiger partial charge is 0.252 e. The van der Waals surface area contributed by atoms with E-state index in [4.69, 9.17) is 16.2 Å². The second kappa shape index (κ2) is 5.54. The molecule has 0 spiro atoms. The molecule has 0 aliphatic rings. The largest absolute Gasteiger partial charge is 0.486 e. The number of hydrogen-bond donors (Lipinski definition) is 2. The van der Waals surface area contributed by atoms with Crippen LogP contribution < -0.4 is 16.2 Å². The number of halogens is 1. The van der Waals surface area contributed by atoms with E-state index >= 15 is 0 Å². The van der Waals surface area contributed by atoms with Crippen molar-refractivity contribution < 1.29 is 9.53 Å². The zero-order valence-corrected chi connectivity index (χ0v) is 12.8. The third-order valence-corrected chi connectivity index (χ3v) is 3.93. The van der Waals surface area contributed by atoms with Crippen LogP contribution >= 0.6 is 15.9 Å². The number of carbonyl (C=O) groups is 1. The first kappa shape index (κ1) is 14.4. The molecule has 1 aromatic heterocycles. The highest BCUT2D eigenvalue weighted by Gasteiger charge is 2.14. The number of aromatic nitrogens is 2. The average Bonchev–Trinajstić information content (AvgIpc) is 2.62. The second-order valence-electron chi connectivity index (χ2n) is 4.38. The maximum atomic E-state index is 11.4. The Hall–Kier alpha value is -2.02. The zero-order chi connectivity index (χ0) is 14.9. The van der Waals surface area contributed by atoms with Crippen LogP contribution in [0.25, 0.3) is 0 Å². The number of carbonyl (C=O) groups excluding carboxylic acids is 1. The highest BCUT2D eigenvalue weighted by molar-refractivity contribution is 9.10. The maximum Gasteiger partial charge on any atom is 0.252 e. The molecule has 0 aliphatic carbocycles. The number of primary amides is 1. The van der Waals surface area contributed by atoms with Crippen LogP contribution in [0.5, 0.6) is 5.75 Å². The number of amides is 1. The van der Waals surface area contributed by atoms with Crippen LogP contribution in [0.15, 0.2) is 22.7 Å². The molecule has 4 N–H and O–H groups in total. The summed E-state index contributed by atoms with van der Waals surface area (Å²) in [5, 5.41) is 4.27. The van der Waals surface area contributed by atoms with E-state index in [0.29, 0.717) is 11.4 Å². The molecule has 2 aromatic rings. The van der Waals surface area contributed by atoms with Crippen LogP contribution in [0.2, 0.25) is 0 Å². The van der Waals surface area contributed by atoms with Crippen LogP contribution in [0.4, 0.5) is 5.69 Å². The van der Waals surface area contributed by atoms with Gasteiger partial charge in [-0.1, -0.05) is 0 Å². The minimum absolute atomic E-state index is 0.264. The predicted molar refractivity (Wildman–Crippen MR) is 79.3 cm³/mol. The van der Waals surface area contributed by atoms with Gasteiger partial charge in [0.2, 0.25) is 0 Å². The Labute approximate surface area is 124 Å². The molecule has 0 radical (unpaired) electrons. The Morgan fingerprint density at radius 1 is 1.50 bits per heavy atom. The molecule has 0 aliphatic heterocycles. The molecule has 0 saturated heterocycles. The van der Waals surface area contributed by atoms with E-state index in [9.17, 15) is 4.79 Å². The second-order valence-corrected chi connectivity index (χ2v) is 5.17. The number of anilines is 1. The SMILES string of the molecule is Cc1nn(C)c(COc2ccc(N)cc2C(N)=O)c1Br. The number of rotatable bonds is 4. The van der Waals surface area contributed by atoms with Gasteiger partial charge in [0.05, 0.1) is 21.4 Å². The summed E-state index contributed by atoms with van der Waals surface area (Å²) in [4.78, 5) is 11.4. The quantitative estimate of drug-likeness (QED) is 0.830. The topological polar surface area (TPSA) is 96.2 Å². The summed E-state index contributed by atoms with van der Waals surface area (Å²) in [6.07, 6.45) is 0. The van der Waals surface area contributed by atoms with Gasteiger partial charge in [-0.05, 0) is 41.1 Å². The van der Waals surface area contributed by atoms with E-state index in [0.717, 1.165) is 15.9 Å². The zero-order valence-electron chi connectivity index (χ0n) is 11.2. The highest BCUT2D eigenvalue weighted by atomic mass is 79.9. The van der Waals surface area contributed by atoms with Crippen molar-refractivity contribution in [2.75, 3.05) is 5.73 Å². The van der Waals surface area contributed by atoms with Crippen molar-refractivity contribution in [2.24, 2.45) is 12.8 Å². The van der Waals surface area contributed by atoms with Crippen molar-refractivity contribution in [3.05, 3.63) is 39.6 Å². The van der Waals surface area contributed by atoms with Crippen molar-refractivity contribution in [3.63, 3.8) is 0 Å². The Balaban J connectivity index is 2.25. The van der Waals surface area contributed by atoms with E-state index in [1.165, 1.54) is 6.07 Å². The Bertz CT molecular complexity index is 667. The summed E-state index contributed by atoms with van der Waals surface area (Å²) < 4.78 is 8.28. The molecule has 0 unspecified atom stereocenters. The summed E-state index contributed by atoms with van der Waals surface area (Å²) in [6.45, 7) is 2.16. The lowest BCUT2D eigenvalue weighted by atomic mass is 10.1. The number of nitrogens with two attached hydrogens (primary N) is 2. The van der Waals surface area contributed by atoms with Gasteiger partial charge < -0.3 is 16.2 Å². The number of benzene rings is 1. The van der Waals surface area contributed by atoms with Crippen LogP contribution in [0.3, 0.4) is 0 Å². The van der Waals surface area contributed by atoms with Crippen molar-refractivity contribution in [2.45, 2.75) is 13.5 Å². The fourth-order valence-electron chi connectivity index (χ4n) is 1.85. The van der Waals surface area contributed by atoms with E-state index < -0.39 is 5.91 Å². The summed E-state index contributed by atoms with van der Waals surface area (Å²) in [6, 6.07) is 4.79. The van der Waals surface area contributed by atoms with Gasteiger partial charge in [0, 0.05) is 12.7 Å². The standard InChI is InChI=1S/C13H15BrN4O2/c1-7-12(14)10(18(2)17-7)6-20-11-4-3-8(15)5-9(11)13(16)19/h3-5H,6,15H2,1-2H3,(H2,16,19). The molecule has 0 saturated carbocycles. The first-order valence-electron chi connectivity index (χ1n) is 5.90. The molecule has 1 amide bonds. The van der Waals surface area contributed by atoms with Gasteiger partial charge in [-0.3, -0.25) is 9.48 Å². The number of hydrogen-bond acceptors (Lipinski definition) is 4. The highest BCUT2D eigenvalue weighted by Crippen LogP contribution is 2.25. The number of ether oxygens (including phenoxy) is 1. The van der Waals surface area contributed by atoms with E-state index in [-0.39, 0.29) is 12.2 Å². The molecule has 6 nitrogen and oxygen atoms in total. The van der Waals surface area contributed by atoms with Crippen LogP contribution in [0.1, 0.15) is 21.7 Å². The molecule has 1 heterocycles. The van der Waals surface area contributed by atoms with Gasteiger partial charge >= 0.3 is 0 Å². The molecule has 106 valence electrons. The molecule has 2 rings (SSSR count). The Morgan fingerprint density at radius 3 is 2.75 bits per heavy atom. The van der Waals surface area contributed by atoms with Gasteiger partial charge in [-0.15, -0.1) is 0 Å². The lowest BCUT2D eigenvalue weighted by Gasteiger charge is -2.10. The monoisotopic (exact) mass is 338 g/mol. The molecule has 1 aromatic carbocycles. The first-order chi connectivity index (χ1) is 9.40. The van der Waals surface area contributed by atoms with Crippen LogP contribution in [-0.4, -0.2) is 15.7 Å². The van der Waals surface area contributed by atoms with Gasteiger partial charge in [0.25, 0.3) is 5.91 Å². The average molecular weight is 339 g/mol. The fraction of sp³-hybridized carbons (Fsp3) is 0.231. The van der Waals surface area contributed by atoms with Crippen molar-refractivity contribution in [3.8, 4) is 5.75 Å². The minimum atomic E-state index is -0.576. The van der Waals surface area contributed by atoms with Crippen molar-refractivity contribution in [1.29, 1.82) is 0 Å². The molecular formula is C13H15BrN4O2. The molecule has 7 heteroatoms. The van der Waals surface area contributed by atoms with Gasteiger partial charge in [-0.2, -0.15) is 5.10 Å². The molecule has 0 atom stereocenters. The van der Waals surface area contributed by atoms with Crippen molar-refractivity contribution in [1.82, 2.24) is 9.78 Å².